The van der Waals surface area contributed by atoms with Crippen molar-refractivity contribution in [1.82, 2.24) is 0 Å². The van der Waals surface area contributed by atoms with E-state index in [9.17, 15) is 9.90 Å². The maximum Gasteiger partial charge on any atom is 0.308 e. The molecule has 0 heterocycles. The normalized spacial score (nSPS) is 12.1. The molecule has 16 heavy (non-hydrogen) atoms. The minimum Gasteiger partial charge on any atom is -0.469 e. The Labute approximate surface area is 94.8 Å². The average Bonchev–Trinajstić information content (AvgIpc) is 2.30. The summed E-state index contributed by atoms with van der Waals surface area (Å²) in [5.41, 5.74) is 1.03. The van der Waals surface area contributed by atoms with Crippen molar-refractivity contribution in [3.8, 4) is 0 Å². The van der Waals surface area contributed by atoms with Crippen LogP contribution in [0.5, 0.6) is 0 Å². The summed E-state index contributed by atoms with van der Waals surface area (Å²) in [6.07, 6.45) is -0.846. The zero-order valence-electron chi connectivity index (χ0n) is 9.26. The first-order chi connectivity index (χ1) is 7.72. The van der Waals surface area contributed by atoms with Crippen LogP contribution in [0.2, 0.25) is 0 Å². The summed E-state index contributed by atoms with van der Waals surface area (Å²) >= 11 is 0. The topological polar surface area (TPSA) is 55.8 Å². The first-order valence-electron chi connectivity index (χ1n) is 5.09. The number of hydrogen-bond donors (Lipinski definition) is 1. The Kier molecular flexibility index (Phi) is 5.53. The maximum atomic E-state index is 10.8. The summed E-state index contributed by atoms with van der Waals surface area (Å²) < 4.78 is 9.70. The van der Waals surface area contributed by atoms with Gasteiger partial charge in [0.25, 0.3) is 0 Å². The molecular formula is C12H16O4. The molecule has 4 nitrogen and oxygen atoms in total. The number of carbonyl (C=O) groups is 1. The van der Waals surface area contributed by atoms with Gasteiger partial charge in [0, 0.05) is 0 Å². The number of aliphatic hydroxyl groups excluding tert-OH is 1. The third-order valence-corrected chi connectivity index (χ3v) is 2.05. The third-order valence-electron chi connectivity index (χ3n) is 2.05. The van der Waals surface area contributed by atoms with E-state index in [0.29, 0.717) is 6.61 Å². The van der Waals surface area contributed by atoms with E-state index < -0.39 is 12.1 Å². The van der Waals surface area contributed by atoms with Gasteiger partial charge in [0.1, 0.15) is 0 Å². The van der Waals surface area contributed by atoms with E-state index in [0.717, 1.165) is 5.56 Å². The molecule has 0 aliphatic rings. The molecule has 0 spiro atoms. The van der Waals surface area contributed by atoms with Crippen LogP contribution in [0.3, 0.4) is 0 Å². The number of esters is 1. The Morgan fingerprint density at radius 1 is 1.38 bits per heavy atom. The van der Waals surface area contributed by atoms with Gasteiger partial charge in [-0.15, -0.1) is 0 Å². The van der Waals surface area contributed by atoms with Crippen molar-refractivity contribution in [2.24, 2.45) is 0 Å². The minimum absolute atomic E-state index is 0.0364. The fourth-order valence-electron chi connectivity index (χ4n) is 1.22. The zero-order valence-corrected chi connectivity index (χ0v) is 9.26. The fourth-order valence-corrected chi connectivity index (χ4v) is 1.22. The highest BCUT2D eigenvalue weighted by molar-refractivity contribution is 5.69. The lowest BCUT2D eigenvalue weighted by molar-refractivity contribution is -0.143. The molecule has 1 rings (SSSR count). The predicted octanol–water partition coefficient (Wildman–Crippen LogP) is 1.13. The highest BCUT2D eigenvalue weighted by Gasteiger charge is 2.10. The Morgan fingerprint density at radius 2 is 2.06 bits per heavy atom. The van der Waals surface area contributed by atoms with Gasteiger partial charge in [-0.2, -0.15) is 0 Å². The number of methoxy groups -OCH3 is 1. The molecule has 0 saturated heterocycles. The molecule has 4 heteroatoms. The second-order valence-electron chi connectivity index (χ2n) is 3.43. The van der Waals surface area contributed by atoms with Crippen molar-refractivity contribution < 1.29 is 19.4 Å². The lowest BCUT2D eigenvalue weighted by atomic mass is 10.2. The van der Waals surface area contributed by atoms with Crippen molar-refractivity contribution in [1.29, 1.82) is 0 Å². The van der Waals surface area contributed by atoms with Crippen LogP contribution in [-0.4, -0.2) is 30.9 Å². The molecule has 0 bridgehead atoms. The van der Waals surface area contributed by atoms with Crippen LogP contribution in [0.1, 0.15) is 12.0 Å². The monoisotopic (exact) mass is 224 g/mol. The molecule has 0 radical (unpaired) electrons. The summed E-state index contributed by atoms with van der Waals surface area (Å²) in [6, 6.07) is 9.64. The third kappa shape index (κ3) is 4.91. The summed E-state index contributed by atoms with van der Waals surface area (Å²) in [6.45, 7) is 0.559. The summed E-state index contributed by atoms with van der Waals surface area (Å²) in [5.74, 6) is -0.434. The Hall–Kier alpha value is -1.39. The van der Waals surface area contributed by atoms with E-state index in [2.05, 4.69) is 4.74 Å². The van der Waals surface area contributed by atoms with Crippen molar-refractivity contribution in [3.63, 3.8) is 0 Å². The van der Waals surface area contributed by atoms with Gasteiger partial charge in [0.2, 0.25) is 0 Å². The van der Waals surface area contributed by atoms with Crippen LogP contribution < -0.4 is 0 Å². The SMILES string of the molecule is COC(=O)C[C@@H](O)COCc1ccccc1. The van der Waals surface area contributed by atoms with Crippen molar-refractivity contribution in [3.05, 3.63) is 35.9 Å². The van der Waals surface area contributed by atoms with Gasteiger partial charge in [-0.3, -0.25) is 4.79 Å². The van der Waals surface area contributed by atoms with Gasteiger partial charge in [0.05, 0.1) is 32.8 Å². The van der Waals surface area contributed by atoms with Gasteiger partial charge in [-0.05, 0) is 5.56 Å². The average molecular weight is 224 g/mol. The molecule has 0 aromatic heterocycles. The first-order valence-corrected chi connectivity index (χ1v) is 5.09. The molecule has 0 aliphatic carbocycles. The Morgan fingerprint density at radius 3 is 2.69 bits per heavy atom. The molecule has 0 aliphatic heterocycles. The van der Waals surface area contributed by atoms with Crippen LogP contribution in [0, 0.1) is 0 Å². The van der Waals surface area contributed by atoms with Gasteiger partial charge in [-0.25, -0.2) is 0 Å². The van der Waals surface area contributed by atoms with Crippen molar-refractivity contribution >= 4 is 5.97 Å². The molecule has 1 atom stereocenters. The highest BCUT2D eigenvalue weighted by Crippen LogP contribution is 2.02. The zero-order chi connectivity index (χ0) is 11.8. The molecular weight excluding hydrogens is 208 g/mol. The standard InChI is InChI=1S/C12H16O4/c1-15-12(14)7-11(13)9-16-8-10-5-3-2-4-6-10/h2-6,11,13H,7-9H2,1H3/t11-/m1/s1. The molecule has 88 valence electrons. The van der Waals surface area contributed by atoms with Crippen LogP contribution >= 0.6 is 0 Å². The highest BCUT2D eigenvalue weighted by atomic mass is 16.5. The van der Waals surface area contributed by atoms with E-state index >= 15 is 0 Å². The summed E-state index contributed by atoms with van der Waals surface area (Å²) in [4.78, 5) is 10.8. The van der Waals surface area contributed by atoms with Gasteiger partial charge >= 0.3 is 5.97 Å². The van der Waals surface area contributed by atoms with Gasteiger partial charge < -0.3 is 14.6 Å². The van der Waals surface area contributed by atoms with E-state index in [1.54, 1.807) is 0 Å². The quantitative estimate of drug-likeness (QED) is 0.736. The molecule has 0 amide bonds. The molecule has 0 saturated carbocycles. The van der Waals surface area contributed by atoms with Gasteiger partial charge in [-0.1, -0.05) is 30.3 Å². The molecule has 0 unspecified atom stereocenters. The summed E-state index contributed by atoms with van der Waals surface area (Å²) in [5, 5.41) is 9.40. The largest absolute Gasteiger partial charge is 0.469 e. The van der Waals surface area contributed by atoms with Crippen molar-refractivity contribution in [2.75, 3.05) is 13.7 Å². The van der Waals surface area contributed by atoms with Gasteiger partial charge in [0.15, 0.2) is 0 Å². The lowest BCUT2D eigenvalue weighted by Crippen LogP contribution is -2.20. The lowest BCUT2D eigenvalue weighted by Gasteiger charge is -2.09. The smallest absolute Gasteiger partial charge is 0.308 e. The van der Waals surface area contributed by atoms with Crippen LogP contribution in [0.4, 0.5) is 0 Å². The first kappa shape index (κ1) is 12.7. The minimum atomic E-state index is -0.809. The summed E-state index contributed by atoms with van der Waals surface area (Å²) in [7, 11) is 1.29. The molecule has 0 fully saturated rings. The number of carbonyl (C=O) groups excluding carboxylic acids is 1. The second kappa shape index (κ2) is 6.98. The maximum absolute atomic E-state index is 10.8. The number of hydrogen-bond acceptors (Lipinski definition) is 4. The number of aliphatic hydroxyl groups is 1. The number of rotatable bonds is 6. The van der Waals surface area contributed by atoms with Crippen LogP contribution in [0.25, 0.3) is 0 Å². The van der Waals surface area contributed by atoms with Crippen LogP contribution in [0.15, 0.2) is 30.3 Å². The second-order valence-corrected chi connectivity index (χ2v) is 3.43. The molecule has 1 aromatic rings. The van der Waals surface area contributed by atoms with Crippen molar-refractivity contribution in [2.45, 2.75) is 19.1 Å². The van der Waals surface area contributed by atoms with Crippen LogP contribution in [-0.2, 0) is 20.9 Å². The van der Waals surface area contributed by atoms with E-state index in [1.807, 2.05) is 30.3 Å². The molecule has 1 N–H and O–H groups in total. The number of benzene rings is 1. The Balaban J connectivity index is 2.18. The predicted molar refractivity (Wildman–Crippen MR) is 58.7 cm³/mol. The van der Waals surface area contributed by atoms with E-state index in [4.69, 9.17) is 4.74 Å². The fraction of sp³-hybridized carbons (Fsp3) is 0.417. The Bertz CT molecular complexity index is 310. The number of ether oxygens (including phenoxy) is 2. The molecule has 1 aromatic carbocycles. The van der Waals surface area contributed by atoms with E-state index in [-0.39, 0.29) is 13.0 Å². The van der Waals surface area contributed by atoms with E-state index in [1.165, 1.54) is 7.11 Å².